The zero-order valence-electron chi connectivity index (χ0n) is 20.1. The normalized spacial score (nSPS) is 11.9. The van der Waals surface area contributed by atoms with Crippen LogP contribution in [0.4, 0.5) is 0 Å². The van der Waals surface area contributed by atoms with Crippen LogP contribution in [-0.2, 0) is 13.1 Å². The van der Waals surface area contributed by atoms with E-state index in [4.69, 9.17) is 4.99 Å². The minimum absolute atomic E-state index is 0. The van der Waals surface area contributed by atoms with Gasteiger partial charge in [-0.2, -0.15) is 0 Å². The SMILES string of the molecule is CCNC(=NCc1ccc(Cn2cnc3ccccc32)cc1)NCC(CC)(CC)CCO.I. The van der Waals surface area contributed by atoms with Gasteiger partial charge in [0, 0.05) is 26.2 Å². The number of aromatic nitrogens is 2. The summed E-state index contributed by atoms with van der Waals surface area (Å²) < 4.78 is 2.18. The molecule has 6 nitrogen and oxygen atoms in total. The molecule has 0 unspecified atom stereocenters. The summed E-state index contributed by atoms with van der Waals surface area (Å²) in [6.45, 7) is 9.73. The van der Waals surface area contributed by atoms with Gasteiger partial charge in [0.2, 0.25) is 0 Å². The Morgan fingerprint density at radius 3 is 2.36 bits per heavy atom. The molecule has 0 aliphatic rings. The first-order valence-electron chi connectivity index (χ1n) is 11.7. The van der Waals surface area contributed by atoms with Gasteiger partial charge in [-0.1, -0.05) is 50.2 Å². The van der Waals surface area contributed by atoms with Crippen molar-refractivity contribution in [3.63, 3.8) is 0 Å². The molecular formula is C26H38IN5O. The zero-order chi connectivity index (χ0) is 22.8. The topological polar surface area (TPSA) is 74.5 Å². The molecule has 0 amide bonds. The number of aliphatic hydroxyl groups is 1. The number of nitrogens with zero attached hydrogens (tertiary/aromatic N) is 3. The van der Waals surface area contributed by atoms with Gasteiger partial charge in [0.1, 0.15) is 0 Å². The van der Waals surface area contributed by atoms with E-state index >= 15 is 0 Å². The van der Waals surface area contributed by atoms with E-state index in [1.807, 2.05) is 24.5 Å². The molecule has 0 aliphatic heterocycles. The Hall–Kier alpha value is -2.13. The van der Waals surface area contributed by atoms with E-state index in [0.717, 1.165) is 55.9 Å². The molecule has 2 aromatic carbocycles. The molecule has 0 fully saturated rings. The summed E-state index contributed by atoms with van der Waals surface area (Å²) in [6, 6.07) is 16.8. The van der Waals surface area contributed by atoms with E-state index in [0.29, 0.717) is 6.54 Å². The molecule has 1 heterocycles. The van der Waals surface area contributed by atoms with Crippen molar-refractivity contribution >= 4 is 41.0 Å². The Morgan fingerprint density at radius 1 is 1.00 bits per heavy atom. The van der Waals surface area contributed by atoms with Gasteiger partial charge in [0.15, 0.2) is 5.96 Å². The number of aliphatic imine (C=N–C) groups is 1. The van der Waals surface area contributed by atoms with Crippen LogP contribution in [0.3, 0.4) is 0 Å². The molecule has 0 aliphatic carbocycles. The van der Waals surface area contributed by atoms with Gasteiger partial charge in [-0.15, -0.1) is 24.0 Å². The van der Waals surface area contributed by atoms with Crippen LogP contribution in [0.2, 0.25) is 0 Å². The maximum absolute atomic E-state index is 9.46. The van der Waals surface area contributed by atoms with Crippen molar-refractivity contribution in [1.29, 1.82) is 0 Å². The fourth-order valence-electron chi connectivity index (χ4n) is 4.05. The average Bonchev–Trinajstić information content (AvgIpc) is 3.24. The molecule has 0 atom stereocenters. The molecule has 0 spiro atoms. The van der Waals surface area contributed by atoms with Crippen molar-refractivity contribution in [2.75, 3.05) is 19.7 Å². The monoisotopic (exact) mass is 563 g/mol. The van der Waals surface area contributed by atoms with Gasteiger partial charge in [0.05, 0.1) is 23.9 Å². The number of imidazole rings is 1. The highest BCUT2D eigenvalue weighted by Gasteiger charge is 2.25. The Balaban J connectivity index is 0.00000385. The number of rotatable bonds is 11. The second-order valence-electron chi connectivity index (χ2n) is 8.41. The van der Waals surface area contributed by atoms with Crippen molar-refractivity contribution < 1.29 is 5.11 Å². The van der Waals surface area contributed by atoms with Gasteiger partial charge in [-0.25, -0.2) is 9.98 Å². The summed E-state index contributed by atoms with van der Waals surface area (Å²) in [6.07, 6.45) is 4.77. The van der Waals surface area contributed by atoms with E-state index in [2.05, 4.69) is 71.3 Å². The lowest BCUT2D eigenvalue weighted by Crippen LogP contribution is -2.43. The zero-order valence-corrected chi connectivity index (χ0v) is 22.4. The highest BCUT2D eigenvalue weighted by molar-refractivity contribution is 14.0. The molecule has 3 aromatic rings. The summed E-state index contributed by atoms with van der Waals surface area (Å²) in [5, 5.41) is 16.3. The van der Waals surface area contributed by atoms with E-state index in [1.54, 1.807) is 0 Å². The van der Waals surface area contributed by atoms with Gasteiger partial charge in [0.25, 0.3) is 0 Å². The summed E-state index contributed by atoms with van der Waals surface area (Å²) in [7, 11) is 0. The quantitative estimate of drug-likeness (QED) is 0.176. The third kappa shape index (κ3) is 7.43. The summed E-state index contributed by atoms with van der Waals surface area (Å²) in [5.74, 6) is 0.825. The Labute approximate surface area is 214 Å². The number of aliphatic hydroxyl groups excluding tert-OH is 1. The van der Waals surface area contributed by atoms with Crippen LogP contribution < -0.4 is 10.6 Å². The van der Waals surface area contributed by atoms with Crippen LogP contribution in [0.25, 0.3) is 11.0 Å². The van der Waals surface area contributed by atoms with Crippen LogP contribution >= 0.6 is 24.0 Å². The third-order valence-corrected chi connectivity index (χ3v) is 6.44. The molecule has 0 bridgehead atoms. The van der Waals surface area contributed by atoms with Crippen LogP contribution in [0.5, 0.6) is 0 Å². The molecule has 3 rings (SSSR count). The second-order valence-corrected chi connectivity index (χ2v) is 8.41. The van der Waals surface area contributed by atoms with Crippen LogP contribution in [-0.4, -0.2) is 40.3 Å². The number of hydrogen-bond donors (Lipinski definition) is 3. The lowest BCUT2D eigenvalue weighted by Gasteiger charge is -2.32. The Kier molecular flexibility index (Phi) is 11.1. The van der Waals surface area contributed by atoms with Crippen molar-refractivity contribution in [3.8, 4) is 0 Å². The molecular weight excluding hydrogens is 525 g/mol. The van der Waals surface area contributed by atoms with Crippen molar-refractivity contribution in [2.24, 2.45) is 10.4 Å². The van der Waals surface area contributed by atoms with Crippen molar-refractivity contribution in [1.82, 2.24) is 20.2 Å². The van der Waals surface area contributed by atoms with Crippen LogP contribution in [0.1, 0.15) is 51.2 Å². The number of fused-ring (bicyclic) bond motifs is 1. The molecule has 0 saturated heterocycles. The fraction of sp³-hybridized carbons (Fsp3) is 0.462. The van der Waals surface area contributed by atoms with E-state index in [-0.39, 0.29) is 36.0 Å². The van der Waals surface area contributed by atoms with Gasteiger partial charge >= 0.3 is 0 Å². The fourth-order valence-corrected chi connectivity index (χ4v) is 4.05. The lowest BCUT2D eigenvalue weighted by molar-refractivity contribution is 0.169. The standard InChI is InChI=1S/C26H37N5O.HI/c1-4-26(5-2,15-16-32)19-29-25(27-6-3)28-17-21-11-13-22(14-12-21)18-31-20-30-23-9-7-8-10-24(23)31;/h7-14,20,32H,4-6,15-19H2,1-3H3,(H2,27,28,29);1H. The maximum atomic E-state index is 9.46. The number of hydrogen-bond acceptors (Lipinski definition) is 3. The average molecular weight is 564 g/mol. The van der Waals surface area contributed by atoms with Crippen LogP contribution in [0, 0.1) is 5.41 Å². The van der Waals surface area contributed by atoms with Crippen molar-refractivity contribution in [3.05, 3.63) is 66.0 Å². The molecule has 1 aromatic heterocycles. The number of guanidine groups is 1. The van der Waals surface area contributed by atoms with Crippen molar-refractivity contribution in [2.45, 2.75) is 53.1 Å². The number of nitrogens with one attached hydrogen (secondary N) is 2. The predicted molar refractivity (Wildman–Crippen MR) is 148 cm³/mol. The first-order chi connectivity index (χ1) is 15.6. The predicted octanol–water partition coefficient (Wildman–Crippen LogP) is 4.95. The molecule has 0 saturated carbocycles. The molecule has 7 heteroatoms. The number of halogens is 1. The largest absolute Gasteiger partial charge is 0.396 e. The Bertz CT molecular complexity index is 995. The minimum Gasteiger partial charge on any atom is -0.396 e. The molecule has 180 valence electrons. The first-order valence-corrected chi connectivity index (χ1v) is 11.7. The summed E-state index contributed by atoms with van der Waals surface area (Å²) >= 11 is 0. The van der Waals surface area contributed by atoms with E-state index < -0.39 is 0 Å². The number of para-hydroxylation sites is 2. The van der Waals surface area contributed by atoms with Crippen LogP contribution in [0.15, 0.2) is 59.9 Å². The summed E-state index contributed by atoms with van der Waals surface area (Å²) in [4.78, 5) is 9.25. The second kappa shape index (κ2) is 13.5. The third-order valence-electron chi connectivity index (χ3n) is 6.44. The lowest BCUT2D eigenvalue weighted by atomic mass is 9.79. The number of benzene rings is 2. The van der Waals surface area contributed by atoms with E-state index in [9.17, 15) is 5.11 Å². The molecule has 33 heavy (non-hydrogen) atoms. The highest BCUT2D eigenvalue weighted by Crippen LogP contribution is 2.29. The smallest absolute Gasteiger partial charge is 0.191 e. The Morgan fingerprint density at radius 2 is 1.70 bits per heavy atom. The highest BCUT2D eigenvalue weighted by atomic mass is 127. The van der Waals surface area contributed by atoms with E-state index in [1.165, 1.54) is 11.1 Å². The van der Waals surface area contributed by atoms with Gasteiger partial charge in [-0.3, -0.25) is 0 Å². The minimum atomic E-state index is 0. The van der Waals surface area contributed by atoms with Gasteiger partial charge < -0.3 is 20.3 Å². The van der Waals surface area contributed by atoms with Gasteiger partial charge in [-0.05, 0) is 54.9 Å². The first kappa shape index (κ1) is 27.1. The molecule has 0 radical (unpaired) electrons. The summed E-state index contributed by atoms with van der Waals surface area (Å²) in [5.41, 5.74) is 4.69. The maximum Gasteiger partial charge on any atom is 0.191 e. The molecule has 3 N–H and O–H groups in total.